The number of nitrogens with two attached hydrogens (primary N) is 2. The third kappa shape index (κ3) is 4.54. The predicted molar refractivity (Wildman–Crippen MR) is 117 cm³/mol. The maximum absolute atomic E-state index is 13.6. The van der Waals surface area contributed by atoms with Gasteiger partial charge in [0, 0.05) is 11.1 Å². The van der Waals surface area contributed by atoms with Gasteiger partial charge in [0.1, 0.15) is 16.7 Å². The Morgan fingerprint density at radius 1 is 1.19 bits per heavy atom. The average molecular weight is 438 g/mol. The summed E-state index contributed by atoms with van der Waals surface area (Å²) >= 11 is 5.96. The second-order valence-electron chi connectivity index (χ2n) is 7.35. The third-order valence-corrected chi connectivity index (χ3v) is 4.79. The number of nitrogen functional groups attached to an aromatic ring is 2. The summed E-state index contributed by atoms with van der Waals surface area (Å²) in [6, 6.07) is 8.28. The highest BCUT2D eigenvalue weighted by Crippen LogP contribution is 2.26. The lowest BCUT2D eigenvalue weighted by atomic mass is 9.94. The van der Waals surface area contributed by atoms with E-state index in [0.717, 1.165) is 5.56 Å². The molecular formula is C21H20ClN7O2. The predicted octanol–water partition coefficient (Wildman–Crippen LogP) is 2.43. The van der Waals surface area contributed by atoms with Crippen LogP contribution in [0.3, 0.4) is 0 Å². The van der Waals surface area contributed by atoms with Crippen LogP contribution in [0, 0.1) is 18.3 Å². The SMILES string of the molecule is Cc1cc(C#N)cc(C(=O)c2c(C(C)C)c(N)nc(=O)n2Cc2cc(Cl)nc(N)n2)c1. The molecule has 0 bridgehead atoms. The Labute approximate surface area is 183 Å². The molecule has 0 unspecified atom stereocenters. The van der Waals surface area contributed by atoms with E-state index in [9.17, 15) is 14.9 Å². The number of carbonyl (C=O) groups excluding carboxylic acids is 1. The molecule has 1 aromatic carbocycles. The number of hydrogen-bond acceptors (Lipinski definition) is 8. The molecule has 2 aromatic heterocycles. The molecule has 0 aliphatic carbocycles. The van der Waals surface area contributed by atoms with Gasteiger partial charge in [-0.1, -0.05) is 25.4 Å². The maximum atomic E-state index is 13.6. The van der Waals surface area contributed by atoms with Crippen LogP contribution in [0.25, 0.3) is 0 Å². The second kappa shape index (κ2) is 8.53. The van der Waals surface area contributed by atoms with Crippen molar-refractivity contribution in [2.45, 2.75) is 33.2 Å². The first-order valence-corrected chi connectivity index (χ1v) is 9.74. The lowest BCUT2D eigenvalue weighted by Gasteiger charge is -2.19. The van der Waals surface area contributed by atoms with Crippen molar-refractivity contribution in [3.8, 4) is 6.07 Å². The van der Waals surface area contributed by atoms with Crippen molar-refractivity contribution in [1.29, 1.82) is 5.26 Å². The number of rotatable bonds is 5. The first-order valence-electron chi connectivity index (χ1n) is 9.36. The number of ketones is 1. The molecule has 10 heteroatoms. The topological polar surface area (TPSA) is 154 Å². The number of carbonyl (C=O) groups is 1. The molecular weight excluding hydrogens is 418 g/mol. The van der Waals surface area contributed by atoms with Crippen molar-refractivity contribution < 1.29 is 4.79 Å². The van der Waals surface area contributed by atoms with E-state index in [0.29, 0.717) is 16.8 Å². The number of nitriles is 1. The van der Waals surface area contributed by atoms with E-state index < -0.39 is 11.5 Å². The van der Waals surface area contributed by atoms with Gasteiger partial charge >= 0.3 is 5.69 Å². The van der Waals surface area contributed by atoms with Gasteiger partial charge in [-0.25, -0.2) is 14.8 Å². The summed E-state index contributed by atoms with van der Waals surface area (Å²) in [4.78, 5) is 38.2. The monoisotopic (exact) mass is 437 g/mol. The fourth-order valence-corrected chi connectivity index (χ4v) is 3.60. The van der Waals surface area contributed by atoms with Crippen molar-refractivity contribution in [3.05, 3.63) is 73.5 Å². The molecule has 4 N–H and O–H groups in total. The molecule has 31 heavy (non-hydrogen) atoms. The highest BCUT2D eigenvalue weighted by atomic mass is 35.5. The minimum absolute atomic E-state index is 0.0204. The Kier molecular flexibility index (Phi) is 6.04. The molecule has 0 aliphatic heterocycles. The molecule has 0 saturated heterocycles. The fourth-order valence-electron chi connectivity index (χ4n) is 3.39. The van der Waals surface area contributed by atoms with E-state index in [-0.39, 0.29) is 40.6 Å². The molecule has 0 radical (unpaired) electrons. The largest absolute Gasteiger partial charge is 0.383 e. The lowest BCUT2D eigenvalue weighted by molar-refractivity contribution is 0.102. The highest BCUT2D eigenvalue weighted by Gasteiger charge is 2.25. The summed E-state index contributed by atoms with van der Waals surface area (Å²) in [5.41, 5.74) is 13.2. The smallest absolute Gasteiger partial charge is 0.350 e. The van der Waals surface area contributed by atoms with E-state index in [4.69, 9.17) is 23.1 Å². The standard InChI is InChI=1S/C21H20ClN7O2/c1-10(2)16-17(18(30)13-5-11(3)4-12(6-13)8-23)29(21(31)28-19(16)24)9-14-7-15(22)27-20(25)26-14/h4-7,10H,9H2,1-3H3,(H2,24,28,31)(H2,25,26,27). The molecule has 158 valence electrons. The molecule has 0 amide bonds. The first-order chi connectivity index (χ1) is 14.6. The van der Waals surface area contributed by atoms with Crippen molar-refractivity contribution in [3.63, 3.8) is 0 Å². The Morgan fingerprint density at radius 3 is 2.52 bits per heavy atom. The van der Waals surface area contributed by atoms with Gasteiger partial charge in [0.2, 0.25) is 11.7 Å². The summed E-state index contributed by atoms with van der Waals surface area (Å²) in [6.45, 7) is 5.35. The molecule has 0 fully saturated rings. The van der Waals surface area contributed by atoms with E-state index in [1.165, 1.54) is 16.7 Å². The van der Waals surface area contributed by atoms with Gasteiger partial charge in [-0.05, 0) is 42.7 Å². The molecule has 3 rings (SSSR count). The Balaban J connectivity index is 2.29. The molecule has 9 nitrogen and oxygen atoms in total. The van der Waals surface area contributed by atoms with Crippen LogP contribution in [-0.4, -0.2) is 25.3 Å². The number of anilines is 2. The average Bonchev–Trinajstić information content (AvgIpc) is 2.67. The summed E-state index contributed by atoms with van der Waals surface area (Å²) in [5.74, 6) is -0.748. The normalized spacial score (nSPS) is 10.8. The molecule has 0 saturated carbocycles. The van der Waals surface area contributed by atoms with Crippen LogP contribution in [0.15, 0.2) is 29.1 Å². The minimum atomic E-state index is -0.716. The van der Waals surface area contributed by atoms with Crippen LogP contribution in [0.2, 0.25) is 5.15 Å². The van der Waals surface area contributed by atoms with Crippen molar-refractivity contribution >= 4 is 29.2 Å². The van der Waals surface area contributed by atoms with Crippen molar-refractivity contribution in [2.24, 2.45) is 0 Å². The van der Waals surface area contributed by atoms with Crippen LogP contribution in [0.4, 0.5) is 11.8 Å². The van der Waals surface area contributed by atoms with Crippen molar-refractivity contribution in [1.82, 2.24) is 19.5 Å². The maximum Gasteiger partial charge on any atom is 0.350 e. The number of hydrogen-bond donors (Lipinski definition) is 2. The van der Waals surface area contributed by atoms with Gasteiger partial charge in [-0.3, -0.25) is 9.36 Å². The van der Waals surface area contributed by atoms with Gasteiger partial charge in [0.05, 0.1) is 23.9 Å². The fraction of sp³-hybridized carbons (Fsp3) is 0.238. The summed E-state index contributed by atoms with van der Waals surface area (Å²) in [5, 5.41) is 9.39. The molecule has 0 spiro atoms. The van der Waals surface area contributed by atoms with E-state index >= 15 is 0 Å². The Morgan fingerprint density at radius 2 is 1.90 bits per heavy atom. The van der Waals surface area contributed by atoms with Crippen LogP contribution in [-0.2, 0) is 6.54 Å². The van der Waals surface area contributed by atoms with Crippen LogP contribution >= 0.6 is 11.6 Å². The van der Waals surface area contributed by atoms with Crippen LogP contribution in [0.5, 0.6) is 0 Å². The minimum Gasteiger partial charge on any atom is -0.383 e. The zero-order chi connectivity index (χ0) is 22.9. The molecule has 0 atom stereocenters. The Hall–Kier alpha value is -3.77. The van der Waals surface area contributed by atoms with E-state index in [1.54, 1.807) is 19.1 Å². The van der Waals surface area contributed by atoms with Gasteiger partial charge in [-0.15, -0.1) is 0 Å². The molecule has 0 aliphatic rings. The zero-order valence-electron chi connectivity index (χ0n) is 17.2. The second-order valence-corrected chi connectivity index (χ2v) is 7.74. The third-order valence-electron chi connectivity index (χ3n) is 4.59. The number of halogens is 1. The van der Waals surface area contributed by atoms with Crippen LogP contribution in [0.1, 0.15) is 58.2 Å². The van der Waals surface area contributed by atoms with Gasteiger partial charge < -0.3 is 11.5 Å². The quantitative estimate of drug-likeness (QED) is 0.455. The molecule has 2 heterocycles. The van der Waals surface area contributed by atoms with Crippen molar-refractivity contribution in [2.75, 3.05) is 11.5 Å². The number of aryl methyl sites for hydroxylation is 1. The summed E-state index contributed by atoms with van der Waals surface area (Å²) < 4.78 is 1.19. The number of nitrogens with zero attached hydrogens (tertiary/aromatic N) is 5. The van der Waals surface area contributed by atoms with Crippen LogP contribution < -0.4 is 17.2 Å². The zero-order valence-corrected chi connectivity index (χ0v) is 17.9. The summed E-state index contributed by atoms with van der Waals surface area (Å²) in [6.07, 6.45) is 0. The van der Waals surface area contributed by atoms with Gasteiger partial charge in [0.15, 0.2) is 0 Å². The van der Waals surface area contributed by atoms with Gasteiger partial charge in [-0.2, -0.15) is 10.2 Å². The van der Waals surface area contributed by atoms with E-state index in [2.05, 4.69) is 15.0 Å². The molecule has 3 aromatic rings. The lowest BCUT2D eigenvalue weighted by Crippen LogP contribution is -2.33. The Bertz CT molecular complexity index is 1270. The highest BCUT2D eigenvalue weighted by molar-refractivity contribution is 6.29. The number of aromatic nitrogens is 4. The van der Waals surface area contributed by atoms with E-state index in [1.807, 2.05) is 19.9 Å². The summed E-state index contributed by atoms with van der Waals surface area (Å²) in [7, 11) is 0. The number of benzene rings is 1. The first kappa shape index (κ1) is 21.9. The van der Waals surface area contributed by atoms with Gasteiger partial charge in [0.25, 0.3) is 0 Å².